The molecule has 0 saturated carbocycles. The van der Waals surface area contributed by atoms with Gasteiger partial charge in [-0.1, -0.05) is 62.0 Å². The molecule has 38 heavy (non-hydrogen) atoms. The lowest BCUT2D eigenvalue weighted by Gasteiger charge is -2.19. The van der Waals surface area contributed by atoms with E-state index in [-0.39, 0.29) is 28.8 Å². The number of aromatic amines is 1. The first-order valence-electron chi connectivity index (χ1n) is 11.6. The summed E-state index contributed by atoms with van der Waals surface area (Å²) in [6.07, 6.45) is 0. The molecule has 196 valence electrons. The number of thioether (sulfide) groups is 1. The summed E-state index contributed by atoms with van der Waals surface area (Å²) >= 11 is 2.56. The summed E-state index contributed by atoms with van der Waals surface area (Å²) in [7, 11) is 0. The molecule has 0 fully saturated rings. The fourth-order valence-corrected chi connectivity index (χ4v) is 5.05. The van der Waals surface area contributed by atoms with Gasteiger partial charge in [0.1, 0.15) is 5.82 Å². The van der Waals surface area contributed by atoms with Crippen LogP contribution in [0.5, 0.6) is 0 Å². The zero-order valence-electron chi connectivity index (χ0n) is 20.8. The first-order valence-corrected chi connectivity index (χ1v) is 13.4. The number of non-ortho nitro benzene ring substituents is 1. The Balaban J connectivity index is 1.36. The Morgan fingerprint density at radius 2 is 1.89 bits per heavy atom. The van der Waals surface area contributed by atoms with Crippen LogP contribution in [0.15, 0.2) is 59.8 Å². The van der Waals surface area contributed by atoms with Crippen molar-refractivity contribution in [3.63, 3.8) is 0 Å². The highest BCUT2D eigenvalue weighted by Gasteiger charge is 2.24. The van der Waals surface area contributed by atoms with Gasteiger partial charge in [0.2, 0.25) is 11.1 Å². The third-order valence-corrected chi connectivity index (χ3v) is 7.21. The van der Waals surface area contributed by atoms with E-state index >= 15 is 0 Å². The predicted octanol–water partition coefficient (Wildman–Crippen LogP) is 5.00. The summed E-state index contributed by atoms with van der Waals surface area (Å²) in [5, 5.41) is 24.6. The summed E-state index contributed by atoms with van der Waals surface area (Å²) in [5.41, 5.74) is 1.83. The molecule has 1 atom stereocenters. The van der Waals surface area contributed by atoms with E-state index in [9.17, 15) is 19.7 Å². The van der Waals surface area contributed by atoms with Gasteiger partial charge in [-0.15, -0.1) is 16.4 Å². The highest BCUT2D eigenvalue weighted by Crippen LogP contribution is 2.30. The number of hydrogen-bond donors (Lipinski definition) is 3. The molecule has 13 heteroatoms. The van der Waals surface area contributed by atoms with Crippen LogP contribution in [0, 0.1) is 23.0 Å². The number of nitro groups is 1. The van der Waals surface area contributed by atoms with Gasteiger partial charge in [0.25, 0.3) is 11.6 Å². The van der Waals surface area contributed by atoms with E-state index in [1.165, 1.54) is 35.6 Å². The average molecular weight is 552 g/mol. The van der Waals surface area contributed by atoms with Gasteiger partial charge >= 0.3 is 0 Å². The molecular formula is C25H25N7O4S2. The fourth-order valence-electron chi connectivity index (χ4n) is 3.60. The van der Waals surface area contributed by atoms with Gasteiger partial charge in [-0.3, -0.25) is 24.8 Å². The molecule has 2 aromatic heterocycles. The van der Waals surface area contributed by atoms with Gasteiger partial charge in [-0.05, 0) is 18.9 Å². The maximum absolute atomic E-state index is 12.8. The molecule has 4 rings (SSSR count). The maximum atomic E-state index is 12.8. The van der Waals surface area contributed by atoms with Gasteiger partial charge in [-0.2, -0.15) is 0 Å². The molecule has 0 aliphatic rings. The lowest BCUT2D eigenvalue weighted by Crippen LogP contribution is -2.32. The van der Waals surface area contributed by atoms with Crippen LogP contribution in [0.4, 0.5) is 10.8 Å². The van der Waals surface area contributed by atoms with Crippen molar-refractivity contribution in [3.05, 3.63) is 81.0 Å². The van der Waals surface area contributed by atoms with E-state index in [0.717, 1.165) is 27.9 Å². The summed E-state index contributed by atoms with van der Waals surface area (Å²) in [6, 6.07) is 14.8. The summed E-state index contributed by atoms with van der Waals surface area (Å²) < 4.78 is 0. The number of amides is 2. The van der Waals surface area contributed by atoms with Crippen LogP contribution in [0.25, 0.3) is 11.3 Å². The zero-order chi connectivity index (χ0) is 27.2. The Morgan fingerprint density at radius 3 is 2.61 bits per heavy atom. The number of anilines is 1. The minimum Gasteiger partial charge on any atom is -0.342 e. The van der Waals surface area contributed by atoms with Crippen LogP contribution in [0.1, 0.15) is 40.9 Å². The lowest BCUT2D eigenvalue weighted by atomic mass is 10.0. The fraction of sp³-hybridized carbons (Fsp3) is 0.240. The predicted molar refractivity (Wildman–Crippen MR) is 146 cm³/mol. The highest BCUT2D eigenvalue weighted by atomic mass is 32.2. The molecule has 0 saturated heterocycles. The number of benzene rings is 2. The number of rotatable bonds is 10. The van der Waals surface area contributed by atoms with Crippen molar-refractivity contribution in [1.82, 2.24) is 25.5 Å². The number of thiazole rings is 1. The molecule has 0 radical (unpaired) electrons. The van der Waals surface area contributed by atoms with Crippen LogP contribution in [0.3, 0.4) is 0 Å². The number of nitrogens with zero attached hydrogens (tertiary/aromatic N) is 4. The highest BCUT2D eigenvalue weighted by molar-refractivity contribution is 7.99. The van der Waals surface area contributed by atoms with Gasteiger partial charge in [0, 0.05) is 28.1 Å². The van der Waals surface area contributed by atoms with E-state index < -0.39 is 16.9 Å². The van der Waals surface area contributed by atoms with Crippen LogP contribution >= 0.6 is 23.1 Å². The minimum atomic E-state index is -0.551. The summed E-state index contributed by atoms with van der Waals surface area (Å²) in [5.74, 6) is -0.272. The second-order valence-electron chi connectivity index (χ2n) is 8.63. The molecule has 3 N–H and O–H groups in total. The minimum absolute atomic E-state index is 0.0568. The van der Waals surface area contributed by atoms with Crippen LogP contribution in [-0.4, -0.2) is 42.7 Å². The van der Waals surface area contributed by atoms with E-state index in [1.807, 2.05) is 51.1 Å². The molecule has 2 heterocycles. The number of nitro benzene ring substituents is 1. The lowest BCUT2D eigenvalue weighted by molar-refractivity contribution is -0.384. The quantitative estimate of drug-likeness (QED) is 0.141. The molecule has 4 aromatic rings. The average Bonchev–Trinajstić information content (AvgIpc) is 3.52. The number of aryl methyl sites for hydroxylation is 1. The van der Waals surface area contributed by atoms with Crippen LogP contribution in [-0.2, 0) is 4.79 Å². The van der Waals surface area contributed by atoms with Gasteiger partial charge in [-0.25, -0.2) is 9.97 Å². The molecule has 2 amide bonds. The molecule has 0 unspecified atom stereocenters. The van der Waals surface area contributed by atoms with Gasteiger partial charge < -0.3 is 10.6 Å². The van der Waals surface area contributed by atoms with E-state index in [2.05, 4.69) is 30.8 Å². The Kier molecular flexibility index (Phi) is 8.48. The first kappa shape index (κ1) is 26.9. The standard InChI is InChI=1S/C25H25N7O4S2/c1-14(2)20(27-23(34)17-10-7-11-18(12-17)32(35)36)22-29-25(31-30-22)37-13-19(33)26-24-28-21(15(3)38-24)16-8-5-4-6-9-16/h4-12,14,20H,13H2,1-3H3,(H,27,34)(H,26,28,33)(H,29,30,31)/t20-/m0/s1. The SMILES string of the molecule is Cc1sc(NC(=O)CSc2n[nH]c([C@@H](NC(=O)c3cccc([N+](=O)[O-])c3)C(C)C)n2)nc1-c1ccccc1. The van der Waals surface area contributed by atoms with Crippen LogP contribution < -0.4 is 10.6 Å². The monoisotopic (exact) mass is 551 g/mol. The maximum Gasteiger partial charge on any atom is 0.270 e. The molecule has 11 nitrogen and oxygen atoms in total. The van der Waals surface area contributed by atoms with Crippen molar-refractivity contribution in [1.29, 1.82) is 0 Å². The number of hydrogen-bond acceptors (Lipinski definition) is 9. The van der Waals surface area contributed by atoms with E-state index in [0.29, 0.717) is 16.1 Å². The molecule has 0 bridgehead atoms. The van der Waals surface area contributed by atoms with Crippen molar-refractivity contribution in [3.8, 4) is 11.3 Å². The van der Waals surface area contributed by atoms with E-state index in [4.69, 9.17) is 0 Å². The van der Waals surface area contributed by atoms with Crippen molar-refractivity contribution in [2.45, 2.75) is 32.0 Å². The largest absolute Gasteiger partial charge is 0.342 e. The molecule has 0 aliphatic heterocycles. The molecule has 0 aliphatic carbocycles. The topological polar surface area (TPSA) is 156 Å². The van der Waals surface area contributed by atoms with Crippen LogP contribution in [0.2, 0.25) is 0 Å². The first-order chi connectivity index (χ1) is 18.2. The second-order valence-corrected chi connectivity index (χ2v) is 10.8. The van der Waals surface area contributed by atoms with Gasteiger partial charge in [0.05, 0.1) is 22.4 Å². The second kappa shape index (κ2) is 12.0. The van der Waals surface area contributed by atoms with E-state index in [1.54, 1.807) is 0 Å². The zero-order valence-corrected chi connectivity index (χ0v) is 22.4. The third kappa shape index (κ3) is 6.61. The Morgan fingerprint density at radius 1 is 1.13 bits per heavy atom. The Hall–Kier alpha value is -4.10. The van der Waals surface area contributed by atoms with Crippen molar-refractivity contribution in [2.24, 2.45) is 5.92 Å². The molecule has 0 spiro atoms. The third-order valence-electron chi connectivity index (χ3n) is 5.47. The summed E-state index contributed by atoms with van der Waals surface area (Å²) in [4.78, 5) is 45.8. The van der Waals surface area contributed by atoms with Crippen molar-refractivity contribution < 1.29 is 14.5 Å². The van der Waals surface area contributed by atoms with Crippen molar-refractivity contribution in [2.75, 3.05) is 11.1 Å². The smallest absolute Gasteiger partial charge is 0.270 e. The molecule has 2 aromatic carbocycles. The number of carbonyl (C=O) groups excluding carboxylic acids is 2. The normalized spacial score (nSPS) is 11.8. The summed E-state index contributed by atoms with van der Waals surface area (Å²) in [6.45, 7) is 5.77. The Bertz CT molecular complexity index is 1450. The number of carbonyl (C=O) groups is 2. The number of H-pyrrole nitrogens is 1. The van der Waals surface area contributed by atoms with Gasteiger partial charge in [0.15, 0.2) is 5.13 Å². The van der Waals surface area contributed by atoms with Crippen molar-refractivity contribution >= 4 is 45.7 Å². The number of aromatic nitrogens is 4. The molecular weight excluding hydrogens is 526 g/mol. The number of nitrogens with one attached hydrogen (secondary N) is 3. The Labute approximate surface area is 226 Å².